The molecule has 0 heterocycles. The third-order valence-corrected chi connectivity index (χ3v) is 1.10. The van der Waals surface area contributed by atoms with Crippen molar-refractivity contribution in [1.29, 1.82) is 0 Å². The van der Waals surface area contributed by atoms with Crippen LogP contribution in [0.4, 0.5) is 13.2 Å². The molecule has 1 aromatic carbocycles. The van der Waals surface area contributed by atoms with Crippen LogP contribution in [0, 0.1) is 0 Å². The van der Waals surface area contributed by atoms with Gasteiger partial charge in [-0.05, 0) is 0 Å². The fourth-order valence-electron chi connectivity index (χ4n) is 0.627. The van der Waals surface area contributed by atoms with Crippen LogP contribution in [0.25, 0.3) is 0 Å². The van der Waals surface area contributed by atoms with E-state index in [1.807, 2.05) is 27.7 Å². The molecule has 0 saturated carbocycles. The predicted molar refractivity (Wildman–Crippen MR) is 54.1 cm³/mol. The van der Waals surface area contributed by atoms with E-state index < -0.39 is 11.7 Å². The minimum Gasteiger partial charge on any atom is -0.166 e. The maximum absolute atomic E-state index is 11.8. The second kappa shape index (κ2) is 8.60. The number of rotatable bonds is 0. The lowest BCUT2D eigenvalue weighted by Crippen LogP contribution is -2.03. The Morgan fingerprint density at radius 2 is 1.14 bits per heavy atom. The molecule has 0 amide bonds. The zero-order valence-corrected chi connectivity index (χ0v) is 9.02. The van der Waals surface area contributed by atoms with Gasteiger partial charge in [-0.2, -0.15) is 13.2 Å². The molecule has 0 aliphatic carbocycles. The molecule has 0 fully saturated rings. The average molecular weight is 206 g/mol. The summed E-state index contributed by atoms with van der Waals surface area (Å²) in [5.41, 5.74) is -0.602. The zero-order valence-electron chi connectivity index (χ0n) is 9.02. The quantitative estimate of drug-likeness (QED) is 0.574. The van der Waals surface area contributed by atoms with Crippen molar-refractivity contribution < 1.29 is 13.2 Å². The summed E-state index contributed by atoms with van der Waals surface area (Å²) in [6, 6.07) is 6.36. The van der Waals surface area contributed by atoms with Gasteiger partial charge in [-0.25, -0.2) is 0 Å². The van der Waals surface area contributed by atoms with Crippen molar-refractivity contribution in [3.05, 3.63) is 35.9 Å². The summed E-state index contributed by atoms with van der Waals surface area (Å²) in [7, 11) is 0. The first-order valence-corrected chi connectivity index (χ1v) is 4.73. The monoisotopic (exact) mass is 206 g/mol. The Hall–Kier alpha value is -0.990. The lowest BCUT2D eigenvalue weighted by atomic mass is 10.2. The largest absolute Gasteiger partial charge is 0.416 e. The van der Waals surface area contributed by atoms with Crippen LogP contribution in [0.3, 0.4) is 0 Å². The van der Waals surface area contributed by atoms with E-state index in [2.05, 4.69) is 0 Å². The van der Waals surface area contributed by atoms with Crippen molar-refractivity contribution in [3.8, 4) is 0 Å². The highest BCUT2D eigenvalue weighted by molar-refractivity contribution is 5.17. The maximum Gasteiger partial charge on any atom is 0.416 e. The molecule has 0 aliphatic heterocycles. The molecule has 0 bridgehead atoms. The van der Waals surface area contributed by atoms with Gasteiger partial charge >= 0.3 is 6.18 Å². The van der Waals surface area contributed by atoms with Crippen molar-refractivity contribution in [3.63, 3.8) is 0 Å². The van der Waals surface area contributed by atoms with Gasteiger partial charge in [-0.15, -0.1) is 0 Å². The first kappa shape index (κ1) is 15.5. The first-order chi connectivity index (χ1) is 6.61. The number of halogens is 3. The Kier molecular flexibility index (Phi) is 9.51. The van der Waals surface area contributed by atoms with Gasteiger partial charge in [0.05, 0.1) is 5.56 Å². The van der Waals surface area contributed by atoms with Crippen molar-refractivity contribution in [1.82, 2.24) is 0 Å². The van der Waals surface area contributed by atoms with Gasteiger partial charge in [0.25, 0.3) is 0 Å². The molecule has 0 nitrogen and oxygen atoms in total. The van der Waals surface area contributed by atoms with Crippen molar-refractivity contribution in [2.45, 2.75) is 33.9 Å². The third kappa shape index (κ3) is 6.52. The normalized spacial score (nSPS) is 9.07. The van der Waals surface area contributed by atoms with Crippen LogP contribution in [0.5, 0.6) is 0 Å². The standard InChI is InChI=1S/C7H5F3.2C2H6/c8-7(9,10)6-4-2-1-3-5-6;2*1-2/h1-5H;2*1-2H3. The molecular formula is C11H17F3. The zero-order chi connectivity index (χ0) is 11.6. The molecule has 82 valence electrons. The Morgan fingerprint density at radius 3 is 1.36 bits per heavy atom. The summed E-state index contributed by atoms with van der Waals surface area (Å²) in [4.78, 5) is 0. The van der Waals surface area contributed by atoms with Crippen LogP contribution in [-0.2, 0) is 6.18 Å². The summed E-state index contributed by atoms with van der Waals surface area (Å²) < 4.78 is 35.4. The summed E-state index contributed by atoms with van der Waals surface area (Å²) in [6.07, 6.45) is -4.21. The van der Waals surface area contributed by atoms with Crippen LogP contribution >= 0.6 is 0 Å². The SMILES string of the molecule is CC.CC.FC(F)(F)c1ccccc1. The van der Waals surface area contributed by atoms with Crippen LogP contribution in [0.2, 0.25) is 0 Å². The van der Waals surface area contributed by atoms with Crippen molar-refractivity contribution >= 4 is 0 Å². The second-order valence-corrected chi connectivity index (χ2v) is 1.86. The third-order valence-electron chi connectivity index (χ3n) is 1.10. The minimum absolute atomic E-state index is 0.602. The summed E-state index contributed by atoms with van der Waals surface area (Å²) in [5, 5.41) is 0. The van der Waals surface area contributed by atoms with E-state index in [4.69, 9.17) is 0 Å². The molecule has 0 radical (unpaired) electrons. The topological polar surface area (TPSA) is 0 Å². The smallest absolute Gasteiger partial charge is 0.166 e. The maximum atomic E-state index is 11.8. The van der Waals surface area contributed by atoms with Crippen LogP contribution in [-0.4, -0.2) is 0 Å². The highest BCUT2D eigenvalue weighted by atomic mass is 19.4. The molecule has 0 unspecified atom stereocenters. The van der Waals surface area contributed by atoms with Gasteiger partial charge in [-0.3, -0.25) is 0 Å². The lowest BCUT2D eigenvalue weighted by Gasteiger charge is -2.03. The van der Waals surface area contributed by atoms with E-state index >= 15 is 0 Å². The van der Waals surface area contributed by atoms with Crippen molar-refractivity contribution in [2.24, 2.45) is 0 Å². The Morgan fingerprint density at radius 1 is 0.786 bits per heavy atom. The highest BCUT2D eigenvalue weighted by Gasteiger charge is 2.29. The van der Waals surface area contributed by atoms with E-state index in [1.54, 1.807) is 6.07 Å². The van der Waals surface area contributed by atoms with Gasteiger partial charge in [0.2, 0.25) is 0 Å². The lowest BCUT2D eigenvalue weighted by molar-refractivity contribution is -0.137. The molecule has 0 N–H and O–H groups in total. The molecule has 3 heteroatoms. The molecule has 0 aliphatic rings. The van der Waals surface area contributed by atoms with Crippen LogP contribution in [0.1, 0.15) is 33.3 Å². The molecule has 1 aromatic rings. The number of alkyl halides is 3. The van der Waals surface area contributed by atoms with E-state index in [1.165, 1.54) is 12.1 Å². The van der Waals surface area contributed by atoms with Gasteiger partial charge < -0.3 is 0 Å². The Balaban J connectivity index is 0. The van der Waals surface area contributed by atoms with Gasteiger partial charge in [0, 0.05) is 0 Å². The second-order valence-electron chi connectivity index (χ2n) is 1.86. The Labute approximate surface area is 83.8 Å². The first-order valence-electron chi connectivity index (χ1n) is 4.73. The average Bonchev–Trinajstić information content (AvgIpc) is 2.24. The molecule has 1 rings (SSSR count). The molecular weight excluding hydrogens is 189 g/mol. The van der Waals surface area contributed by atoms with Gasteiger partial charge in [0.15, 0.2) is 0 Å². The molecule has 0 atom stereocenters. The van der Waals surface area contributed by atoms with E-state index in [0.29, 0.717) is 0 Å². The summed E-state index contributed by atoms with van der Waals surface area (Å²) >= 11 is 0. The van der Waals surface area contributed by atoms with Crippen LogP contribution < -0.4 is 0 Å². The highest BCUT2D eigenvalue weighted by Crippen LogP contribution is 2.28. The Bertz CT molecular complexity index is 202. The van der Waals surface area contributed by atoms with E-state index in [0.717, 1.165) is 12.1 Å². The van der Waals surface area contributed by atoms with Crippen LogP contribution in [0.15, 0.2) is 30.3 Å². The fraction of sp³-hybridized carbons (Fsp3) is 0.455. The number of hydrogen-bond donors (Lipinski definition) is 0. The number of benzene rings is 1. The number of hydrogen-bond acceptors (Lipinski definition) is 0. The van der Waals surface area contributed by atoms with Gasteiger partial charge in [0.1, 0.15) is 0 Å². The molecule has 14 heavy (non-hydrogen) atoms. The van der Waals surface area contributed by atoms with Gasteiger partial charge in [-0.1, -0.05) is 58.0 Å². The molecule has 0 spiro atoms. The van der Waals surface area contributed by atoms with Crippen molar-refractivity contribution in [2.75, 3.05) is 0 Å². The molecule has 0 saturated heterocycles. The minimum atomic E-state index is -4.21. The predicted octanol–water partition coefficient (Wildman–Crippen LogP) is 4.76. The summed E-state index contributed by atoms with van der Waals surface area (Å²) in [5.74, 6) is 0. The van der Waals surface area contributed by atoms with E-state index in [-0.39, 0.29) is 0 Å². The van der Waals surface area contributed by atoms with E-state index in [9.17, 15) is 13.2 Å². The fourth-order valence-corrected chi connectivity index (χ4v) is 0.627. The molecule has 0 aromatic heterocycles. The summed E-state index contributed by atoms with van der Waals surface area (Å²) in [6.45, 7) is 8.00.